The molecule has 0 heteroatoms. The van der Waals surface area contributed by atoms with Gasteiger partial charge < -0.3 is 0 Å². The Morgan fingerprint density at radius 2 is 0.527 bits per heavy atom. The van der Waals surface area contributed by atoms with Crippen LogP contribution in [0.25, 0.3) is 0 Å². The molecule has 0 aromatic heterocycles. The SMILES string of the molecule is CC(C)C1CC1.CC(C)C1CCC1.CC(C)C1CCCC1.CC(C)CCC(C)(C)C.CC(C)CCC(C)C.CC(C)CCCC(C)C.CCC(CC)C(C)C.CCC(CC)CC(C)C.CCCCCC(C)C.CCCCCCC(C)C.CCCCCCCC(C)C. The smallest absolute Gasteiger partial charge is 0.0383 e. The van der Waals surface area contributed by atoms with Gasteiger partial charge in [-0.05, 0) is 138 Å². The monoisotopic (exact) mass is 1290 g/mol. The maximum atomic E-state index is 2.34. The molecule has 3 rings (SSSR count). The van der Waals surface area contributed by atoms with Crippen LogP contribution in [0.4, 0.5) is 0 Å². The Kier molecular flexibility index (Phi) is 91.0. The average Bonchev–Trinajstić information content (AvgIpc) is 3.35. The first-order valence-corrected chi connectivity index (χ1v) is 42.3. The summed E-state index contributed by atoms with van der Waals surface area (Å²) in [5, 5.41) is 0. The predicted octanol–water partition coefficient (Wildman–Crippen LogP) is 34.7. The third-order valence-corrected chi connectivity index (χ3v) is 19.2. The molecule has 0 aromatic rings. The van der Waals surface area contributed by atoms with Gasteiger partial charge in [-0.3, -0.25) is 0 Å². The molecule has 3 saturated carbocycles. The Balaban J connectivity index is -0.000000139. The maximum absolute atomic E-state index is 2.34. The lowest BCUT2D eigenvalue weighted by molar-refractivity contribution is 0.235. The van der Waals surface area contributed by atoms with Crippen molar-refractivity contribution in [2.45, 2.75) is 480 Å². The first-order valence-electron chi connectivity index (χ1n) is 42.3. The molecule has 0 spiro atoms. The summed E-state index contributed by atoms with van der Waals surface area (Å²) in [6, 6.07) is 0. The summed E-state index contributed by atoms with van der Waals surface area (Å²) in [5.41, 5.74) is 0.532. The van der Waals surface area contributed by atoms with Gasteiger partial charge in [0.2, 0.25) is 0 Å². The van der Waals surface area contributed by atoms with Crippen LogP contribution in [0.2, 0.25) is 0 Å². The molecule has 0 N–H and O–H groups in total. The molecule has 0 nitrogen and oxygen atoms in total. The second-order valence-electron chi connectivity index (χ2n) is 36.2. The van der Waals surface area contributed by atoms with Gasteiger partial charge in [0.1, 0.15) is 0 Å². The zero-order valence-corrected chi connectivity index (χ0v) is 72.3. The lowest BCUT2D eigenvalue weighted by Crippen LogP contribution is -2.16. The van der Waals surface area contributed by atoms with E-state index in [1.54, 1.807) is 0 Å². The standard InChI is InChI=1S/C10H22.4C9H20.C8H16.3C8H18.C7H14.C6H12/c1-4-5-6-7-8-9-10(2)3;1-8(2)6-7-9(3,4)5;1-8(2)6-5-7-9(3)4;1-5-9(6-2)7-8(3)4;1-4-5-6-7-8-9(2)3;1-7(2)8-5-3-4-6-8;1-7(2)5-6-8(3)4;1-5-8(6-2)7(3)4;1-4-5-6-7-8(2)3;1-6(2)7-4-3-5-7;1-5(2)6-3-4-6/h10H,4-9H2,1-3H3;8H,6-7H2,1-5H3;2*8-9H,5-7H2,1-4H3;9H,4-8H2,1-3H3;7-8H,3-6H2,1-2H3;2*7-8H,5-6H2,1-4H3;8H,4-7H2,1-3H3;6-7H,3-5H2,1-2H3;5-6H,3-4H2,1-2H3. The molecule has 562 valence electrons. The predicted molar refractivity (Wildman–Crippen MR) is 436 cm³/mol. The van der Waals surface area contributed by atoms with Gasteiger partial charge in [-0.25, -0.2) is 0 Å². The summed E-state index contributed by atoms with van der Waals surface area (Å²) in [5.74, 6) is 16.9. The van der Waals surface area contributed by atoms with Crippen molar-refractivity contribution in [3.63, 3.8) is 0 Å². The van der Waals surface area contributed by atoms with Crippen molar-refractivity contribution >= 4 is 0 Å². The van der Waals surface area contributed by atoms with E-state index in [-0.39, 0.29) is 0 Å². The highest BCUT2D eigenvalue weighted by Gasteiger charge is 2.24. The fourth-order valence-corrected chi connectivity index (χ4v) is 11.3. The molecule has 0 amide bonds. The van der Waals surface area contributed by atoms with Crippen molar-refractivity contribution in [2.75, 3.05) is 0 Å². The molecule has 3 fully saturated rings. The van der Waals surface area contributed by atoms with Crippen molar-refractivity contribution < 1.29 is 0 Å². The van der Waals surface area contributed by atoms with Crippen molar-refractivity contribution in [2.24, 2.45) is 112 Å². The molecule has 0 bridgehead atoms. The number of hydrogen-bond donors (Lipinski definition) is 0. The number of unbranched alkanes of at least 4 members (excludes halogenated alkanes) is 9. The first-order chi connectivity index (χ1) is 42.3. The van der Waals surface area contributed by atoms with Gasteiger partial charge in [0.15, 0.2) is 0 Å². The highest BCUT2D eigenvalue weighted by molar-refractivity contribution is 4.75. The summed E-state index contributed by atoms with van der Waals surface area (Å²) in [6.07, 6.45) is 51.2. The van der Waals surface area contributed by atoms with Gasteiger partial charge in [0, 0.05) is 0 Å². The van der Waals surface area contributed by atoms with E-state index in [0.29, 0.717) is 5.41 Å². The molecule has 0 saturated heterocycles. The van der Waals surface area contributed by atoms with Crippen LogP contribution in [0.15, 0.2) is 0 Å². The summed E-state index contributed by atoms with van der Waals surface area (Å²) in [6.45, 7) is 82.6. The second kappa shape index (κ2) is 77.4. The molecule has 0 atom stereocenters. The van der Waals surface area contributed by atoms with Crippen LogP contribution < -0.4 is 0 Å². The van der Waals surface area contributed by atoms with Crippen LogP contribution in [0.3, 0.4) is 0 Å². The Morgan fingerprint density at radius 3 is 0.692 bits per heavy atom. The zero-order valence-electron chi connectivity index (χ0n) is 72.3. The molecule has 0 unspecified atom stereocenters. The molecule has 3 aliphatic rings. The molecular formula is C91H198. The molecule has 0 radical (unpaired) electrons. The molecule has 3 aliphatic carbocycles. The van der Waals surface area contributed by atoms with E-state index in [1.807, 2.05) is 0 Å². The summed E-state index contributed by atoms with van der Waals surface area (Å²) in [4.78, 5) is 0. The van der Waals surface area contributed by atoms with Gasteiger partial charge in [-0.1, -0.05) is 455 Å². The average molecular weight is 1290 g/mol. The van der Waals surface area contributed by atoms with Crippen molar-refractivity contribution in [3.8, 4) is 0 Å². The van der Waals surface area contributed by atoms with E-state index in [9.17, 15) is 0 Å². The minimum Gasteiger partial charge on any atom is -0.0654 e. The molecule has 0 heterocycles. The number of rotatable bonds is 34. The third-order valence-electron chi connectivity index (χ3n) is 19.2. The van der Waals surface area contributed by atoms with Crippen LogP contribution in [0.5, 0.6) is 0 Å². The van der Waals surface area contributed by atoms with Gasteiger partial charge in [-0.15, -0.1) is 0 Å². The highest BCUT2D eigenvalue weighted by atomic mass is 14.3. The van der Waals surface area contributed by atoms with Gasteiger partial charge in [0.05, 0.1) is 0 Å². The van der Waals surface area contributed by atoms with Gasteiger partial charge in [0.25, 0.3) is 0 Å². The highest BCUT2D eigenvalue weighted by Crippen LogP contribution is 2.36. The zero-order chi connectivity index (χ0) is 72.3. The lowest BCUT2D eigenvalue weighted by Gasteiger charge is -2.28. The lowest BCUT2D eigenvalue weighted by atomic mass is 9.78. The summed E-state index contributed by atoms with van der Waals surface area (Å²) in [7, 11) is 0. The Bertz CT molecular complexity index is 1180. The third kappa shape index (κ3) is 112. The van der Waals surface area contributed by atoms with E-state index in [0.717, 1.165) is 107 Å². The minimum absolute atomic E-state index is 0.532. The van der Waals surface area contributed by atoms with E-state index in [1.165, 1.54) is 231 Å². The van der Waals surface area contributed by atoms with Gasteiger partial charge >= 0.3 is 0 Å². The summed E-state index contributed by atoms with van der Waals surface area (Å²) < 4.78 is 0. The number of hydrogen-bond acceptors (Lipinski definition) is 0. The van der Waals surface area contributed by atoms with Crippen molar-refractivity contribution in [1.29, 1.82) is 0 Å². The Hall–Kier alpha value is 0. The van der Waals surface area contributed by atoms with E-state index in [4.69, 9.17) is 0 Å². The van der Waals surface area contributed by atoms with E-state index in [2.05, 4.69) is 249 Å². The van der Waals surface area contributed by atoms with Crippen LogP contribution in [-0.4, -0.2) is 0 Å². The minimum atomic E-state index is 0.532. The molecule has 0 aromatic carbocycles. The quantitative estimate of drug-likeness (QED) is 0.0564. The van der Waals surface area contributed by atoms with Crippen LogP contribution >= 0.6 is 0 Å². The molecule has 91 heavy (non-hydrogen) atoms. The topological polar surface area (TPSA) is 0 Å². The Labute approximate surface area is 589 Å². The normalized spacial score (nSPS) is 13.9. The molecular weight excluding hydrogens is 1090 g/mol. The van der Waals surface area contributed by atoms with E-state index < -0.39 is 0 Å². The summed E-state index contributed by atoms with van der Waals surface area (Å²) >= 11 is 0. The fourth-order valence-electron chi connectivity index (χ4n) is 11.3. The second-order valence-corrected chi connectivity index (χ2v) is 36.2. The maximum Gasteiger partial charge on any atom is -0.0383 e. The van der Waals surface area contributed by atoms with Gasteiger partial charge in [-0.2, -0.15) is 0 Å². The Morgan fingerprint density at radius 1 is 0.264 bits per heavy atom. The van der Waals surface area contributed by atoms with Crippen LogP contribution in [0.1, 0.15) is 480 Å². The van der Waals surface area contributed by atoms with Crippen molar-refractivity contribution in [3.05, 3.63) is 0 Å². The van der Waals surface area contributed by atoms with Crippen LogP contribution in [-0.2, 0) is 0 Å². The largest absolute Gasteiger partial charge is 0.0654 e. The van der Waals surface area contributed by atoms with Crippen molar-refractivity contribution in [1.82, 2.24) is 0 Å². The van der Waals surface area contributed by atoms with Crippen LogP contribution in [0, 0.1) is 112 Å². The van der Waals surface area contributed by atoms with E-state index >= 15 is 0 Å². The molecule has 0 aliphatic heterocycles. The fraction of sp³-hybridized carbons (Fsp3) is 1.00. The first kappa shape index (κ1) is 107.